The number of aromatic nitrogens is 1. The first-order valence-corrected chi connectivity index (χ1v) is 10.3. The van der Waals surface area contributed by atoms with E-state index >= 15 is 0 Å². The summed E-state index contributed by atoms with van der Waals surface area (Å²) in [4.78, 5) is 17.3. The maximum atomic E-state index is 12.8. The second-order valence-electron chi connectivity index (χ2n) is 6.88. The molecule has 1 heterocycles. The van der Waals surface area contributed by atoms with Crippen LogP contribution in [0.4, 0.5) is 5.69 Å². The fourth-order valence-electron chi connectivity index (χ4n) is 3.24. The van der Waals surface area contributed by atoms with Crippen molar-refractivity contribution in [1.82, 2.24) is 10.3 Å². The number of carbonyl (C=O) groups excluding carboxylic acids is 1. The minimum atomic E-state index is -0.430. The van der Waals surface area contributed by atoms with Crippen LogP contribution in [-0.4, -0.2) is 37.3 Å². The molecule has 4 rings (SSSR count). The minimum absolute atomic E-state index is 0.0888. The van der Waals surface area contributed by atoms with Crippen molar-refractivity contribution in [1.29, 1.82) is 0 Å². The number of nitrogens with one attached hydrogen (secondary N) is 2. The van der Waals surface area contributed by atoms with Crippen LogP contribution >= 0.6 is 12.2 Å². The second-order valence-corrected chi connectivity index (χ2v) is 7.28. The van der Waals surface area contributed by atoms with E-state index in [-0.39, 0.29) is 5.11 Å². The lowest BCUT2D eigenvalue weighted by atomic mass is 10.1. The van der Waals surface area contributed by atoms with Crippen LogP contribution in [0.15, 0.2) is 65.1 Å². The lowest BCUT2D eigenvalue weighted by Gasteiger charge is -2.15. The number of anilines is 1. The van der Waals surface area contributed by atoms with Crippen LogP contribution in [0.1, 0.15) is 10.4 Å². The van der Waals surface area contributed by atoms with Crippen molar-refractivity contribution in [2.75, 3.05) is 26.6 Å². The summed E-state index contributed by atoms with van der Waals surface area (Å²) in [5.74, 6) is 1.50. The highest BCUT2D eigenvalue weighted by Crippen LogP contribution is 2.32. The Kier molecular flexibility index (Phi) is 6.41. The van der Waals surface area contributed by atoms with Crippen molar-refractivity contribution in [3.63, 3.8) is 0 Å². The highest BCUT2D eigenvalue weighted by atomic mass is 32.1. The smallest absolute Gasteiger partial charge is 0.261 e. The molecule has 3 aromatic carbocycles. The van der Waals surface area contributed by atoms with Gasteiger partial charge in [-0.3, -0.25) is 10.1 Å². The minimum Gasteiger partial charge on any atom is -0.497 e. The molecule has 0 bridgehead atoms. The van der Waals surface area contributed by atoms with Crippen LogP contribution in [0.25, 0.3) is 22.6 Å². The fraction of sp³-hybridized carbons (Fsp3) is 0.125. The Morgan fingerprint density at radius 1 is 0.939 bits per heavy atom. The number of fused-ring (bicyclic) bond motifs is 1. The van der Waals surface area contributed by atoms with Crippen LogP contribution in [0.2, 0.25) is 0 Å². The molecule has 0 saturated heterocycles. The summed E-state index contributed by atoms with van der Waals surface area (Å²) >= 11 is 5.36. The SMILES string of the molecule is COc1ccc(C(=O)NC(=S)Nc2cc(-c3nc4ccccc4o3)ccc2OC)c(OC)c1. The van der Waals surface area contributed by atoms with E-state index in [2.05, 4.69) is 15.6 Å². The van der Waals surface area contributed by atoms with Gasteiger partial charge in [-0.1, -0.05) is 12.1 Å². The fourth-order valence-corrected chi connectivity index (χ4v) is 3.45. The largest absolute Gasteiger partial charge is 0.497 e. The number of ether oxygens (including phenoxy) is 3. The van der Waals surface area contributed by atoms with E-state index in [1.165, 1.54) is 14.2 Å². The molecule has 2 N–H and O–H groups in total. The van der Waals surface area contributed by atoms with E-state index in [0.29, 0.717) is 40.0 Å². The molecule has 8 nitrogen and oxygen atoms in total. The van der Waals surface area contributed by atoms with Gasteiger partial charge in [0.25, 0.3) is 5.91 Å². The lowest BCUT2D eigenvalue weighted by Crippen LogP contribution is -2.34. The Labute approximate surface area is 195 Å². The quantitative estimate of drug-likeness (QED) is 0.399. The topological polar surface area (TPSA) is 94.9 Å². The van der Waals surface area contributed by atoms with Gasteiger partial charge in [-0.25, -0.2) is 4.98 Å². The molecular formula is C24H21N3O5S. The van der Waals surface area contributed by atoms with E-state index in [1.807, 2.05) is 30.3 Å². The Morgan fingerprint density at radius 2 is 1.73 bits per heavy atom. The summed E-state index contributed by atoms with van der Waals surface area (Å²) in [6, 6.07) is 17.8. The molecule has 0 aliphatic carbocycles. The number of nitrogens with zero attached hydrogens (tertiary/aromatic N) is 1. The third-order valence-electron chi connectivity index (χ3n) is 4.87. The molecule has 0 spiro atoms. The van der Waals surface area contributed by atoms with Crippen molar-refractivity contribution >= 4 is 40.0 Å². The highest BCUT2D eigenvalue weighted by Gasteiger charge is 2.17. The Bertz CT molecular complexity index is 1300. The van der Waals surface area contributed by atoms with Crippen molar-refractivity contribution in [2.24, 2.45) is 0 Å². The Morgan fingerprint density at radius 3 is 2.45 bits per heavy atom. The Hall–Kier alpha value is -4.11. The molecule has 0 aliphatic heterocycles. The van der Waals surface area contributed by atoms with E-state index in [4.69, 9.17) is 30.8 Å². The van der Waals surface area contributed by atoms with Gasteiger partial charge in [0, 0.05) is 11.6 Å². The molecule has 0 fully saturated rings. The molecule has 0 atom stereocenters. The van der Waals surface area contributed by atoms with Gasteiger partial charge < -0.3 is 23.9 Å². The number of benzene rings is 3. The average molecular weight is 464 g/mol. The van der Waals surface area contributed by atoms with Crippen LogP contribution in [0.5, 0.6) is 17.2 Å². The number of carbonyl (C=O) groups is 1. The molecule has 9 heteroatoms. The van der Waals surface area contributed by atoms with Gasteiger partial charge in [-0.15, -0.1) is 0 Å². The number of hydrogen-bond donors (Lipinski definition) is 2. The standard InChI is InChI=1S/C24H21N3O5S/c1-29-15-9-10-16(21(13-15)31-3)22(28)27-24(33)26-18-12-14(8-11-19(18)30-2)23-25-17-6-4-5-7-20(17)32-23/h4-13H,1-3H3,(H2,26,27,28,33). The summed E-state index contributed by atoms with van der Waals surface area (Å²) in [6.07, 6.45) is 0. The molecule has 33 heavy (non-hydrogen) atoms. The molecular weight excluding hydrogens is 442 g/mol. The lowest BCUT2D eigenvalue weighted by molar-refractivity contribution is 0.0974. The number of amides is 1. The zero-order valence-corrected chi connectivity index (χ0v) is 19.0. The number of hydrogen-bond acceptors (Lipinski definition) is 7. The molecule has 1 amide bonds. The molecule has 4 aromatic rings. The van der Waals surface area contributed by atoms with E-state index < -0.39 is 5.91 Å². The van der Waals surface area contributed by atoms with Gasteiger partial charge in [0.1, 0.15) is 22.8 Å². The summed E-state index contributed by atoms with van der Waals surface area (Å²) in [7, 11) is 4.56. The third kappa shape index (κ3) is 4.73. The van der Waals surface area contributed by atoms with Crippen molar-refractivity contribution in [3.8, 4) is 28.7 Å². The van der Waals surface area contributed by atoms with Gasteiger partial charge in [-0.2, -0.15) is 0 Å². The third-order valence-corrected chi connectivity index (χ3v) is 5.07. The summed E-state index contributed by atoms with van der Waals surface area (Å²) in [5.41, 5.74) is 3.03. The first-order valence-electron chi connectivity index (χ1n) is 9.90. The van der Waals surface area contributed by atoms with Gasteiger partial charge in [0.05, 0.1) is 32.6 Å². The summed E-state index contributed by atoms with van der Waals surface area (Å²) in [5, 5.41) is 5.75. The molecule has 0 saturated carbocycles. The van der Waals surface area contributed by atoms with Gasteiger partial charge in [-0.05, 0) is 54.7 Å². The number of methoxy groups -OCH3 is 3. The van der Waals surface area contributed by atoms with Crippen LogP contribution < -0.4 is 24.8 Å². The normalized spacial score (nSPS) is 10.5. The molecule has 168 valence electrons. The summed E-state index contributed by atoms with van der Waals surface area (Å²) < 4.78 is 21.7. The molecule has 0 radical (unpaired) electrons. The van der Waals surface area contributed by atoms with E-state index in [0.717, 1.165) is 11.1 Å². The first kappa shape index (κ1) is 22.1. The number of para-hydroxylation sites is 2. The maximum Gasteiger partial charge on any atom is 0.261 e. The molecule has 1 aromatic heterocycles. The maximum absolute atomic E-state index is 12.8. The van der Waals surface area contributed by atoms with Crippen molar-refractivity contribution in [2.45, 2.75) is 0 Å². The van der Waals surface area contributed by atoms with Gasteiger partial charge in [0.2, 0.25) is 5.89 Å². The van der Waals surface area contributed by atoms with Crippen LogP contribution in [-0.2, 0) is 0 Å². The first-order chi connectivity index (χ1) is 16.0. The van der Waals surface area contributed by atoms with Gasteiger partial charge in [0.15, 0.2) is 10.7 Å². The Balaban J connectivity index is 1.55. The number of thiocarbonyl (C=S) groups is 1. The average Bonchev–Trinajstić information content (AvgIpc) is 3.27. The van der Waals surface area contributed by atoms with Crippen molar-refractivity contribution < 1.29 is 23.4 Å². The monoisotopic (exact) mass is 463 g/mol. The number of rotatable bonds is 6. The second kappa shape index (κ2) is 9.58. The zero-order valence-electron chi connectivity index (χ0n) is 18.2. The van der Waals surface area contributed by atoms with Crippen molar-refractivity contribution in [3.05, 3.63) is 66.2 Å². The highest BCUT2D eigenvalue weighted by molar-refractivity contribution is 7.80. The molecule has 0 aliphatic rings. The van der Waals surface area contributed by atoms with Crippen LogP contribution in [0.3, 0.4) is 0 Å². The van der Waals surface area contributed by atoms with Crippen LogP contribution in [0, 0.1) is 0 Å². The zero-order chi connectivity index (χ0) is 23.4. The predicted molar refractivity (Wildman–Crippen MR) is 129 cm³/mol. The van der Waals surface area contributed by atoms with E-state index in [9.17, 15) is 4.79 Å². The number of oxazole rings is 1. The molecule has 0 unspecified atom stereocenters. The van der Waals surface area contributed by atoms with Gasteiger partial charge >= 0.3 is 0 Å². The summed E-state index contributed by atoms with van der Waals surface area (Å²) in [6.45, 7) is 0. The predicted octanol–water partition coefficient (Wildman–Crippen LogP) is 4.65. The van der Waals surface area contributed by atoms with E-state index in [1.54, 1.807) is 37.4 Å².